The molecule has 88 valence electrons. The molecule has 0 aromatic carbocycles. The summed E-state index contributed by atoms with van der Waals surface area (Å²) in [6.45, 7) is 1.49. The number of carbonyl (C=O) groups is 1. The van der Waals surface area contributed by atoms with E-state index in [1.807, 2.05) is 0 Å². The number of halogens is 1. The molecule has 1 amide bonds. The van der Waals surface area contributed by atoms with Crippen molar-refractivity contribution in [3.63, 3.8) is 0 Å². The summed E-state index contributed by atoms with van der Waals surface area (Å²) in [5.74, 6) is -0.200. The predicted molar refractivity (Wildman–Crippen MR) is 62.9 cm³/mol. The van der Waals surface area contributed by atoms with Crippen LogP contribution in [0.5, 0.6) is 0 Å². The highest BCUT2D eigenvalue weighted by Gasteiger charge is 2.25. The highest BCUT2D eigenvalue weighted by Crippen LogP contribution is 2.24. The van der Waals surface area contributed by atoms with Crippen molar-refractivity contribution in [3.05, 3.63) is 9.47 Å². The van der Waals surface area contributed by atoms with E-state index >= 15 is 0 Å². The Labute approximate surface area is 103 Å². The molecule has 1 N–H and O–H groups in total. The molecule has 0 spiro atoms. The van der Waals surface area contributed by atoms with Crippen molar-refractivity contribution in [3.8, 4) is 0 Å². The molecule has 5 nitrogen and oxygen atoms in total. The third-order valence-corrected chi connectivity index (χ3v) is 3.53. The van der Waals surface area contributed by atoms with Crippen LogP contribution in [0.2, 0.25) is 4.47 Å². The van der Waals surface area contributed by atoms with Gasteiger partial charge in [-0.3, -0.25) is 4.79 Å². The van der Waals surface area contributed by atoms with Crippen LogP contribution in [-0.4, -0.2) is 47.2 Å². The van der Waals surface area contributed by atoms with Crippen molar-refractivity contribution < 1.29 is 4.79 Å². The summed E-state index contributed by atoms with van der Waals surface area (Å²) in [6.07, 6.45) is 2.55. The molecule has 0 unspecified atom stereocenters. The minimum absolute atomic E-state index is 0.200. The van der Waals surface area contributed by atoms with Gasteiger partial charge in [0.25, 0.3) is 5.91 Å². The molecule has 1 aromatic rings. The van der Waals surface area contributed by atoms with Crippen molar-refractivity contribution in [2.75, 3.05) is 20.1 Å². The molecule has 1 saturated carbocycles. The quantitative estimate of drug-likeness (QED) is 0.859. The first kappa shape index (κ1) is 11.8. The van der Waals surface area contributed by atoms with Crippen LogP contribution in [0.1, 0.15) is 22.6 Å². The van der Waals surface area contributed by atoms with E-state index < -0.39 is 0 Å². The smallest absolute Gasteiger partial charge is 0.282 e. The van der Waals surface area contributed by atoms with Gasteiger partial charge < -0.3 is 10.2 Å². The second kappa shape index (κ2) is 5.07. The Kier molecular flexibility index (Phi) is 3.73. The fourth-order valence-electron chi connectivity index (χ4n) is 1.42. The maximum absolute atomic E-state index is 11.5. The lowest BCUT2D eigenvalue weighted by Crippen LogP contribution is -2.33. The molecular formula is C9H13ClN4OS. The number of hydrogen-bond acceptors (Lipinski definition) is 5. The first-order valence-corrected chi connectivity index (χ1v) is 6.33. The molecule has 0 saturated heterocycles. The van der Waals surface area contributed by atoms with Crippen LogP contribution in [0.15, 0.2) is 0 Å². The number of rotatable bonds is 5. The molecule has 1 fully saturated rings. The minimum Gasteiger partial charge on any atom is -0.349 e. The van der Waals surface area contributed by atoms with Crippen molar-refractivity contribution in [2.24, 2.45) is 0 Å². The third kappa shape index (κ3) is 3.13. The lowest BCUT2D eigenvalue weighted by Gasteiger charge is -2.15. The molecule has 0 radical (unpaired) electrons. The van der Waals surface area contributed by atoms with E-state index in [1.165, 1.54) is 12.8 Å². The maximum atomic E-state index is 11.5. The van der Waals surface area contributed by atoms with E-state index in [0.717, 1.165) is 17.9 Å². The average molecular weight is 261 g/mol. The molecule has 0 aliphatic heterocycles. The zero-order valence-electron chi connectivity index (χ0n) is 8.94. The van der Waals surface area contributed by atoms with Crippen LogP contribution < -0.4 is 5.32 Å². The van der Waals surface area contributed by atoms with E-state index in [4.69, 9.17) is 11.6 Å². The van der Waals surface area contributed by atoms with Gasteiger partial charge in [0.2, 0.25) is 9.47 Å². The molecule has 0 bridgehead atoms. The van der Waals surface area contributed by atoms with Crippen LogP contribution in [0, 0.1) is 0 Å². The van der Waals surface area contributed by atoms with Gasteiger partial charge in [0, 0.05) is 19.1 Å². The zero-order valence-corrected chi connectivity index (χ0v) is 10.5. The van der Waals surface area contributed by atoms with Gasteiger partial charge in [0.15, 0.2) is 0 Å². The van der Waals surface area contributed by atoms with Crippen LogP contribution >= 0.6 is 22.9 Å². The number of nitrogens with one attached hydrogen (secondary N) is 1. The second-order valence-electron chi connectivity index (χ2n) is 3.83. The molecule has 1 heterocycles. The number of carbonyl (C=O) groups excluding carboxylic acids is 1. The number of hydrogen-bond donors (Lipinski definition) is 1. The zero-order chi connectivity index (χ0) is 11.5. The van der Waals surface area contributed by atoms with Gasteiger partial charge >= 0.3 is 0 Å². The minimum atomic E-state index is -0.200. The molecule has 16 heavy (non-hydrogen) atoms. The Hall–Kier alpha value is -0.720. The normalized spacial score (nSPS) is 15.4. The number of likely N-dealkylation sites (N-methyl/N-ethyl adjacent to an activating group) is 1. The lowest BCUT2D eigenvalue weighted by atomic mass is 10.5. The van der Waals surface area contributed by atoms with Crippen LogP contribution in [0.4, 0.5) is 0 Å². The van der Waals surface area contributed by atoms with Crippen LogP contribution in [0.25, 0.3) is 0 Å². The summed E-state index contributed by atoms with van der Waals surface area (Å²) < 4.78 is 0.292. The van der Waals surface area contributed by atoms with Gasteiger partial charge in [-0.15, -0.1) is 10.2 Å². The second-order valence-corrected chi connectivity index (χ2v) is 5.39. The van der Waals surface area contributed by atoms with Gasteiger partial charge in [-0.05, 0) is 31.5 Å². The number of amides is 1. The summed E-state index contributed by atoms with van der Waals surface area (Å²) in [5.41, 5.74) is 0. The lowest BCUT2D eigenvalue weighted by molar-refractivity contribution is 0.0948. The van der Waals surface area contributed by atoms with Crippen LogP contribution in [0.3, 0.4) is 0 Å². The summed E-state index contributed by atoms with van der Waals surface area (Å²) in [7, 11) is 2.08. The number of nitrogens with zero attached hydrogens (tertiary/aromatic N) is 3. The Balaban J connectivity index is 1.71. The summed E-state index contributed by atoms with van der Waals surface area (Å²) in [4.78, 5) is 13.8. The highest BCUT2D eigenvalue weighted by molar-refractivity contribution is 7.17. The Morgan fingerprint density at radius 3 is 2.94 bits per heavy atom. The molecule has 0 atom stereocenters. The molecule has 1 aliphatic rings. The predicted octanol–water partition coefficient (Wildman–Crippen LogP) is 1.02. The molecule has 1 aromatic heterocycles. The first-order chi connectivity index (χ1) is 7.66. The van der Waals surface area contributed by atoms with Gasteiger partial charge in [0.1, 0.15) is 0 Å². The van der Waals surface area contributed by atoms with E-state index in [-0.39, 0.29) is 5.91 Å². The standard InChI is InChI=1S/C9H13ClN4OS/c1-14(6-2-3-6)5-4-11-7(15)8-12-13-9(10)16-8/h6H,2-5H2,1H3,(H,11,15). The SMILES string of the molecule is CN(CCNC(=O)c1nnc(Cl)s1)C1CC1. The van der Waals surface area contributed by atoms with E-state index in [2.05, 4.69) is 27.5 Å². The molecule has 7 heteroatoms. The van der Waals surface area contributed by atoms with Crippen molar-refractivity contribution in [2.45, 2.75) is 18.9 Å². The highest BCUT2D eigenvalue weighted by atomic mass is 35.5. The van der Waals surface area contributed by atoms with Gasteiger partial charge in [-0.1, -0.05) is 11.3 Å². The van der Waals surface area contributed by atoms with Crippen molar-refractivity contribution in [1.29, 1.82) is 0 Å². The molecular weight excluding hydrogens is 248 g/mol. The monoisotopic (exact) mass is 260 g/mol. The van der Waals surface area contributed by atoms with E-state index in [0.29, 0.717) is 22.1 Å². The average Bonchev–Trinajstić information content (AvgIpc) is 3.01. The molecule has 2 rings (SSSR count). The molecule has 1 aliphatic carbocycles. The fraction of sp³-hybridized carbons (Fsp3) is 0.667. The summed E-state index contributed by atoms with van der Waals surface area (Å²) in [5, 5.41) is 10.4. The summed E-state index contributed by atoms with van der Waals surface area (Å²) >= 11 is 6.69. The van der Waals surface area contributed by atoms with E-state index in [9.17, 15) is 4.79 Å². The van der Waals surface area contributed by atoms with Crippen molar-refractivity contribution in [1.82, 2.24) is 20.4 Å². The maximum Gasteiger partial charge on any atom is 0.282 e. The third-order valence-electron chi connectivity index (χ3n) is 2.51. The van der Waals surface area contributed by atoms with Gasteiger partial charge in [-0.2, -0.15) is 0 Å². The Morgan fingerprint density at radius 1 is 1.62 bits per heavy atom. The Bertz CT molecular complexity index is 379. The first-order valence-electron chi connectivity index (χ1n) is 5.14. The number of aromatic nitrogens is 2. The fourth-order valence-corrected chi connectivity index (χ4v) is 2.16. The van der Waals surface area contributed by atoms with Crippen molar-refractivity contribution >= 4 is 28.8 Å². The summed E-state index contributed by atoms with van der Waals surface area (Å²) in [6, 6.07) is 0.716. The largest absolute Gasteiger partial charge is 0.349 e. The Morgan fingerprint density at radius 2 is 2.38 bits per heavy atom. The van der Waals surface area contributed by atoms with E-state index in [1.54, 1.807) is 0 Å². The van der Waals surface area contributed by atoms with Gasteiger partial charge in [0.05, 0.1) is 0 Å². The topological polar surface area (TPSA) is 58.1 Å². The van der Waals surface area contributed by atoms with Crippen LogP contribution in [-0.2, 0) is 0 Å². The van der Waals surface area contributed by atoms with Gasteiger partial charge in [-0.25, -0.2) is 0 Å².